The van der Waals surface area contributed by atoms with E-state index in [1.807, 2.05) is 73.0 Å². The van der Waals surface area contributed by atoms with E-state index in [9.17, 15) is 4.79 Å². The third kappa shape index (κ3) is 5.00. The van der Waals surface area contributed by atoms with Crippen LogP contribution in [0.5, 0.6) is 0 Å². The molecule has 8 heteroatoms. The van der Waals surface area contributed by atoms with Crippen LogP contribution >= 0.6 is 23.4 Å². The summed E-state index contributed by atoms with van der Waals surface area (Å²) in [7, 11) is 0. The maximum Gasteiger partial charge on any atom is 0.234 e. The van der Waals surface area contributed by atoms with Gasteiger partial charge in [0.05, 0.1) is 29.3 Å². The lowest BCUT2D eigenvalue weighted by Gasteiger charge is -2.12. The molecule has 1 amide bonds. The van der Waals surface area contributed by atoms with Crippen LogP contribution in [0.15, 0.2) is 70.4 Å². The number of aromatic nitrogens is 3. The molecule has 2 heterocycles. The van der Waals surface area contributed by atoms with Crippen LogP contribution in [-0.2, 0) is 11.3 Å². The molecule has 0 fully saturated rings. The zero-order valence-electron chi connectivity index (χ0n) is 17.1. The minimum absolute atomic E-state index is 0.160. The number of hydrogen-bond acceptors (Lipinski definition) is 5. The van der Waals surface area contributed by atoms with Crippen molar-refractivity contribution in [3.8, 4) is 11.6 Å². The molecule has 158 valence electrons. The van der Waals surface area contributed by atoms with E-state index in [0.29, 0.717) is 34.0 Å². The van der Waals surface area contributed by atoms with Crippen LogP contribution in [0.2, 0.25) is 5.02 Å². The first-order valence-corrected chi connectivity index (χ1v) is 11.1. The lowest BCUT2D eigenvalue weighted by molar-refractivity contribution is -0.113. The highest BCUT2D eigenvalue weighted by molar-refractivity contribution is 7.99. The molecular formula is C23H21ClN4O2S. The second kappa shape index (κ2) is 9.41. The van der Waals surface area contributed by atoms with E-state index >= 15 is 0 Å². The number of carbonyl (C=O) groups excluding carboxylic acids is 1. The molecule has 0 bridgehead atoms. The highest BCUT2D eigenvalue weighted by Gasteiger charge is 2.18. The van der Waals surface area contributed by atoms with Crippen molar-refractivity contribution >= 4 is 35.0 Å². The minimum atomic E-state index is -0.160. The van der Waals surface area contributed by atoms with Gasteiger partial charge in [-0.15, -0.1) is 10.2 Å². The number of aryl methyl sites for hydroxylation is 2. The minimum Gasteiger partial charge on any atom is -0.461 e. The zero-order chi connectivity index (χ0) is 21.8. The lowest BCUT2D eigenvalue weighted by Crippen LogP contribution is -2.16. The maximum absolute atomic E-state index is 12.6. The van der Waals surface area contributed by atoms with Crippen molar-refractivity contribution in [2.75, 3.05) is 11.1 Å². The van der Waals surface area contributed by atoms with Gasteiger partial charge < -0.3 is 9.73 Å². The summed E-state index contributed by atoms with van der Waals surface area (Å²) in [6, 6.07) is 17.5. The number of benzene rings is 2. The van der Waals surface area contributed by atoms with Crippen molar-refractivity contribution < 1.29 is 9.21 Å². The predicted molar refractivity (Wildman–Crippen MR) is 124 cm³/mol. The van der Waals surface area contributed by atoms with Crippen LogP contribution in [0, 0.1) is 13.8 Å². The topological polar surface area (TPSA) is 73.0 Å². The van der Waals surface area contributed by atoms with E-state index < -0.39 is 0 Å². The number of furan rings is 1. The van der Waals surface area contributed by atoms with Crippen LogP contribution in [0.25, 0.3) is 11.6 Å². The Morgan fingerprint density at radius 3 is 2.65 bits per heavy atom. The highest BCUT2D eigenvalue weighted by Crippen LogP contribution is 2.29. The molecule has 0 aliphatic carbocycles. The van der Waals surface area contributed by atoms with Crippen molar-refractivity contribution in [3.05, 3.63) is 82.6 Å². The Morgan fingerprint density at radius 1 is 1.13 bits per heavy atom. The molecule has 0 saturated heterocycles. The number of halogens is 1. The number of carbonyl (C=O) groups is 1. The molecule has 0 radical (unpaired) electrons. The predicted octanol–water partition coefficient (Wildman–Crippen LogP) is 5.59. The maximum atomic E-state index is 12.6. The smallest absolute Gasteiger partial charge is 0.234 e. The van der Waals surface area contributed by atoms with Crippen molar-refractivity contribution in [2.45, 2.75) is 25.5 Å². The third-order valence-electron chi connectivity index (χ3n) is 4.67. The molecule has 0 atom stereocenters. The van der Waals surface area contributed by atoms with Crippen LogP contribution in [-0.4, -0.2) is 26.4 Å². The quantitative estimate of drug-likeness (QED) is 0.370. The van der Waals surface area contributed by atoms with Crippen LogP contribution in [0.1, 0.15) is 16.7 Å². The molecule has 2 aromatic carbocycles. The molecule has 1 N–H and O–H groups in total. The molecule has 6 nitrogen and oxygen atoms in total. The molecule has 4 aromatic rings. The molecule has 0 unspecified atom stereocenters. The van der Waals surface area contributed by atoms with Gasteiger partial charge in [0.2, 0.25) is 11.7 Å². The first-order valence-electron chi connectivity index (χ1n) is 9.71. The number of thioether (sulfide) groups is 1. The molecule has 0 aliphatic heterocycles. The van der Waals surface area contributed by atoms with Crippen LogP contribution in [0.4, 0.5) is 5.69 Å². The van der Waals surface area contributed by atoms with E-state index in [1.165, 1.54) is 11.8 Å². The Labute approximate surface area is 189 Å². The van der Waals surface area contributed by atoms with Gasteiger partial charge in [-0.3, -0.25) is 9.36 Å². The number of nitrogens with zero attached hydrogens (tertiary/aromatic N) is 3. The van der Waals surface area contributed by atoms with Gasteiger partial charge in [0.25, 0.3) is 0 Å². The summed E-state index contributed by atoms with van der Waals surface area (Å²) in [4.78, 5) is 12.6. The average Bonchev–Trinajstić information content (AvgIpc) is 3.40. The first kappa shape index (κ1) is 21.2. The fourth-order valence-electron chi connectivity index (χ4n) is 3.27. The third-order valence-corrected chi connectivity index (χ3v) is 5.94. The molecule has 31 heavy (non-hydrogen) atoms. The number of nitrogens with one attached hydrogen (secondary N) is 1. The monoisotopic (exact) mass is 452 g/mol. The SMILES string of the molecule is Cc1cc(C)c(NC(=O)CSc2nnc(-c3ccco3)n2Cc2ccccc2)c(Cl)c1. The molecule has 4 rings (SSSR count). The highest BCUT2D eigenvalue weighted by atomic mass is 35.5. The Morgan fingerprint density at radius 2 is 1.94 bits per heavy atom. The van der Waals surface area contributed by atoms with E-state index in [0.717, 1.165) is 16.7 Å². The van der Waals surface area contributed by atoms with Gasteiger partial charge in [-0.1, -0.05) is 59.8 Å². The second-order valence-corrected chi connectivity index (χ2v) is 8.48. The van der Waals surface area contributed by atoms with Gasteiger partial charge in [-0.05, 0) is 48.7 Å². The zero-order valence-corrected chi connectivity index (χ0v) is 18.7. The standard InChI is InChI=1S/C23H21ClN4O2S/c1-15-11-16(2)21(18(24)12-15)25-20(29)14-31-23-27-26-22(19-9-6-10-30-19)28(23)13-17-7-4-3-5-8-17/h3-12H,13-14H2,1-2H3,(H,25,29). The van der Waals surface area contributed by atoms with Gasteiger partial charge in [0.15, 0.2) is 10.9 Å². The van der Waals surface area contributed by atoms with Crippen LogP contribution < -0.4 is 5.32 Å². The lowest BCUT2D eigenvalue weighted by atomic mass is 10.1. The van der Waals surface area contributed by atoms with Crippen molar-refractivity contribution in [1.82, 2.24) is 14.8 Å². The summed E-state index contributed by atoms with van der Waals surface area (Å²) in [6.45, 7) is 4.46. The Bertz CT molecular complexity index is 1170. The summed E-state index contributed by atoms with van der Waals surface area (Å²) < 4.78 is 7.48. The van der Waals surface area contributed by atoms with E-state index in [-0.39, 0.29) is 11.7 Å². The summed E-state index contributed by atoms with van der Waals surface area (Å²) in [5.74, 6) is 1.26. The summed E-state index contributed by atoms with van der Waals surface area (Å²) >= 11 is 7.63. The Balaban J connectivity index is 1.52. The average molecular weight is 453 g/mol. The van der Waals surface area contributed by atoms with Gasteiger partial charge in [0.1, 0.15) is 0 Å². The summed E-state index contributed by atoms with van der Waals surface area (Å²) in [5, 5.41) is 12.7. The second-order valence-electron chi connectivity index (χ2n) is 7.13. The number of anilines is 1. The fourth-order valence-corrected chi connectivity index (χ4v) is 4.38. The molecule has 0 aliphatic rings. The molecule has 2 aromatic heterocycles. The Hall–Kier alpha value is -3.03. The Kier molecular flexibility index (Phi) is 6.44. The van der Waals surface area contributed by atoms with Gasteiger partial charge in [0, 0.05) is 0 Å². The van der Waals surface area contributed by atoms with Crippen molar-refractivity contribution in [3.63, 3.8) is 0 Å². The largest absolute Gasteiger partial charge is 0.461 e. The fraction of sp³-hybridized carbons (Fsp3) is 0.174. The number of amides is 1. The summed E-state index contributed by atoms with van der Waals surface area (Å²) in [6.07, 6.45) is 1.60. The van der Waals surface area contributed by atoms with Gasteiger partial charge in [-0.25, -0.2) is 0 Å². The first-order chi connectivity index (χ1) is 15.0. The normalized spacial score (nSPS) is 10.9. The van der Waals surface area contributed by atoms with Crippen molar-refractivity contribution in [1.29, 1.82) is 0 Å². The molecular weight excluding hydrogens is 432 g/mol. The van der Waals surface area contributed by atoms with Crippen molar-refractivity contribution in [2.24, 2.45) is 0 Å². The van der Waals surface area contributed by atoms with E-state index in [2.05, 4.69) is 15.5 Å². The van der Waals surface area contributed by atoms with Crippen LogP contribution in [0.3, 0.4) is 0 Å². The van der Waals surface area contributed by atoms with E-state index in [1.54, 1.807) is 6.26 Å². The molecule has 0 spiro atoms. The number of rotatable bonds is 7. The van der Waals surface area contributed by atoms with Gasteiger partial charge >= 0.3 is 0 Å². The van der Waals surface area contributed by atoms with E-state index in [4.69, 9.17) is 16.0 Å². The molecule has 0 saturated carbocycles. The number of hydrogen-bond donors (Lipinski definition) is 1. The van der Waals surface area contributed by atoms with Gasteiger partial charge in [-0.2, -0.15) is 0 Å². The summed E-state index contributed by atoms with van der Waals surface area (Å²) in [5.41, 5.74) is 3.72.